The van der Waals surface area contributed by atoms with Crippen LogP contribution in [0.1, 0.15) is 26.7 Å². The molecule has 3 heteroatoms. The second kappa shape index (κ2) is 6.06. The zero-order chi connectivity index (χ0) is 9.56. The van der Waals surface area contributed by atoms with Crippen molar-refractivity contribution in [2.75, 3.05) is 0 Å². The fourth-order valence-corrected chi connectivity index (χ4v) is 1.14. The number of carboxylic acids is 1. The molecule has 12 heavy (non-hydrogen) atoms. The Bertz CT molecular complexity index is 164. The molecule has 2 nitrogen and oxygen atoms in total. The molecule has 0 radical (unpaired) electrons. The molecule has 1 atom stereocenters. The number of hydrogen-bond donors (Lipinski definition) is 1. The maximum absolute atomic E-state index is 10.4. The SMILES string of the molecule is CC(C)C(CC=CCl)CC(=O)O. The Morgan fingerprint density at radius 3 is 2.50 bits per heavy atom. The Hall–Kier alpha value is -0.500. The van der Waals surface area contributed by atoms with Crippen molar-refractivity contribution in [3.63, 3.8) is 0 Å². The minimum Gasteiger partial charge on any atom is -0.481 e. The number of hydrogen-bond acceptors (Lipinski definition) is 1. The molecule has 1 unspecified atom stereocenters. The van der Waals surface area contributed by atoms with E-state index in [2.05, 4.69) is 0 Å². The number of halogens is 1. The van der Waals surface area contributed by atoms with Gasteiger partial charge in [-0.3, -0.25) is 4.79 Å². The largest absolute Gasteiger partial charge is 0.481 e. The first-order chi connectivity index (χ1) is 5.57. The highest BCUT2D eigenvalue weighted by atomic mass is 35.5. The van der Waals surface area contributed by atoms with Gasteiger partial charge in [0.2, 0.25) is 0 Å². The summed E-state index contributed by atoms with van der Waals surface area (Å²) < 4.78 is 0. The lowest BCUT2D eigenvalue weighted by atomic mass is 9.90. The Morgan fingerprint density at radius 2 is 2.17 bits per heavy atom. The lowest BCUT2D eigenvalue weighted by Gasteiger charge is -2.16. The molecule has 0 aliphatic carbocycles. The summed E-state index contributed by atoms with van der Waals surface area (Å²) in [6.07, 6.45) is 2.77. The molecule has 0 amide bonds. The van der Waals surface area contributed by atoms with E-state index in [1.807, 2.05) is 13.8 Å². The number of carbonyl (C=O) groups is 1. The third-order valence-corrected chi connectivity index (χ3v) is 2.09. The number of rotatable bonds is 5. The van der Waals surface area contributed by atoms with Crippen molar-refractivity contribution in [3.05, 3.63) is 11.6 Å². The molecule has 0 aromatic rings. The second-order valence-electron chi connectivity index (χ2n) is 3.20. The van der Waals surface area contributed by atoms with Crippen LogP contribution in [0.2, 0.25) is 0 Å². The smallest absolute Gasteiger partial charge is 0.303 e. The monoisotopic (exact) mass is 190 g/mol. The fourth-order valence-electron chi connectivity index (χ4n) is 1.04. The predicted molar refractivity (Wildman–Crippen MR) is 50.2 cm³/mol. The van der Waals surface area contributed by atoms with Crippen LogP contribution in [0.25, 0.3) is 0 Å². The fraction of sp³-hybridized carbons (Fsp3) is 0.667. The molecule has 1 N–H and O–H groups in total. The van der Waals surface area contributed by atoms with Crippen molar-refractivity contribution >= 4 is 17.6 Å². The highest BCUT2D eigenvalue weighted by molar-refractivity contribution is 6.25. The first-order valence-corrected chi connectivity index (χ1v) is 4.48. The van der Waals surface area contributed by atoms with E-state index in [9.17, 15) is 4.79 Å². The normalized spacial score (nSPS) is 14.0. The van der Waals surface area contributed by atoms with Gasteiger partial charge in [0.25, 0.3) is 0 Å². The lowest BCUT2D eigenvalue weighted by molar-refractivity contribution is -0.138. The van der Waals surface area contributed by atoms with Gasteiger partial charge in [0.1, 0.15) is 0 Å². The molecule has 0 saturated carbocycles. The standard InChI is InChI=1S/C9H15ClO2/c1-7(2)8(4-3-5-10)6-9(11)12/h3,5,7-8H,4,6H2,1-2H3,(H,11,12). The van der Waals surface area contributed by atoms with Crippen LogP contribution in [0.5, 0.6) is 0 Å². The average molecular weight is 191 g/mol. The maximum Gasteiger partial charge on any atom is 0.303 e. The van der Waals surface area contributed by atoms with E-state index in [4.69, 9.17) is 16.7 Å². The summed E-state index contributed by atoms with van der Waals surface area (Å²) in [5, 5.41) is 8.58. The van der Waals surface area contributed by atoms with Gasteiger partial charge in [0.15, 0.2) is 0 Å². The first kappa shape index (κ1) is 11.5. The molecule has 0 saturated heterocycles. The summed E-state index contributed by atoms with van der Waals surface area (Å²) in [5.74, 6) is -0.164. The summed E-state index contributed by atoms with van der Waals surface area (Å²) in [6.45, 7) is 4.05. The van der Waals surface area contributed by atoms with Crippen LogP contribution in [-0.2, 0) is 4.79 Å². The van der Waals surface area contributed by atoms with Gasteiger partial charge in [-0.1, -0.05) is 31.5 Å². The summed E-state index contributed by atoms with van der Waals surface area (Å²) in [4.78, 5) is 10.4. The van der Waals surface area contributed by atoms with Crippen LogP contribution in [0.4, 0.5) is 0 Å². The minimum absolute atomic E-state index is 0.192. The molecule has 0 fully saturated rings. The van der Waals surface area contributed by atoms with Crippen molar-refractivity contribution in [1.29, 1.82) is 0 Å². The van der Waals surface area contributed by atoms with Crippen LogP contribution >= 0.6 is 11.6 Å². The topological polar surface area (TPSA) is 37.3 Å². The third kappa shape index (κ3) is 5.19. The molecular weight excluding hydrogens is 176 g/mol. The molecule has 0 rings (SSSR count). The number of allylic oxidation sites excluding steroid dienone is 1. The maximum atomic E-state index is 10.4. The van der Waals surface area contributed by atoms with Gasteiger partial charge in [-0.25, -0.2) is 0 Å². The molecule has 70 valence electrons. The Kier molecular flexibility index (Phi) is 5.81. The molecule has 0 aliphatic heterocycles. The molecule has 0 bridgehead atoms. The summed E-state index contributed by atoms with van der Waals surface area (Å²) in [6, 6.07) is 0. The van der Waals surface area contributed by atoms with E-state index in [0.29, 0.717) is 5.92 Å². The Balaban J connectivity index is 3.95. The molecule has 0 aromatic heterocycles. The third-order valence-electron chi connectivity index (χ3n) is 1.91. The zero-order valence-corrected chi connectivity index (χ0v) is 8.21. The van der Waals surface area contributed by atoms with E-state index in [1.165, 1.54) is 5.54 Å². The van der Waals surface area contributed by atoms with Gasteiger partial charge >= 0.3 is 5.97 Å². The molecule has 0 heterocycles. The van der Waals surface area contributed by atoms with Crippen molar-refractivity contribution in [3.8, 4) is 0 Å². The van der Waals surface area contributed by atoms with Gasteiger partial charge in [0, 0.05) is 12.0 Å². The van der Waals surface area contributed by atoms with Crippen molar-refractivity contribution in [1.82, 2.24) is 0 Å². The lowest BCUT2D eigenvalue weighted by Crippen LogP contribution is -2.12. The van der Waals surface area contributed by atoms with Crippen molar-refractivity contribution in [2.24, 2.45) is 11.8 Å². The second-order valence-corrected chi connectivity index (χ2v) is 3.45. The van der Waals surface area contributed by atoms with Crippen LogP contribution in [0, 0.1) is 11.8 Å². The summed E-state index contributed by atoms with van der Waals surface area (Å²) in [7, 11) is 0. The highest BCUT2D eigenvalue weighted by Crippen LogP contribution is 2.19. The number of carboxylic acid groups (broad SMARTS) is 1. The Morgan fingerprint density at radius 1 is 1.58 bits per heavy atom. The average Bonchev–Trinajstić information content (AvgIpc) is 1.96. The van der Waals surface area contributed by atoms with Crippen molar-refractivity contribution < 1.29 is 9.90 Å². The number of aliphatic carboxylic acids is 1. The predicted octanol–water partition coefficient (Wildman–Crippen LogP) is 2.88. The van der Waals surface area contributed by atoms with Gasteiger partial charge < -0.3 is 5.11 Å². The minimum atomic E-state index is -0.739. The van der Waals surface area contributed by atoms with Gasteiger partial charge in [-0.15, -0.1) is 0 Å². The van der Waals surface area contributed by atoms with Gasteiger partial charge in [-0.2, -0.15) is 0 Å². The van der Waals surface area contributed by atoms with Crippen LogP contribution in [-0.4, -0.2) is 11.1 Å². The quantitative estimate of drug-likeness (QED) is 0.724. The molecule has 0 aromatic carbocycles. The first-order valence-electron chi connectivity index (χ1n) is 4.05. The molecular formula is C9H15ClO2. The Labute approximate surface area is 78.2 Å². The molecule has 0 aliphatic rings. The van der Waals surface area contributed by atoms with E-state index < -0.39 is 5.97 Å². The summed E-state index contributed by atoms with van der Waals surface area (Å²) in [5.41, 5.74) is 1.44. The highest BCUT2D eigenvalue weighted by Gasteiger charge is 2.15. The van der Waals surface area contributed by atoms with Crippen LogP contribution in [0.15, 0.2) is 11.6 Å². The summed E-state index contributed by atoms with van der Waals surface area (Å²) >= 11 is 5.36. The van der Waals surface area contributed by atoms with Gasteiger partial charge in [0.05, 0.1) is 0 Å². The van der Waals surface area contributed by atoms with E-state index in [-0.39, 0.29) is 12.3 Å². The van der Waals surface area contributed by atoms with Gasteiger partial charge in [-0.05, 0) is 18.3 Å². The van der Waals surface area contributed by atoms with E-state index in [1.54, 1.807) is 6.08 Å². The van der Waals surface area contributed by atoms with Crippen molar-refractivity contribution in [2.45, 2.75) is 26.7 Å². The van der Waals surface area contributed by atoms with E-state index >= 15 is 0 Å². The van der Waals surface area contributed by atoms with Crippen LogP contribution in [0.3, 0.4) is 0 Å². The molecule has 0 spiro atoms. The van der Waals surface area contributed by atoms with Crippen LogP contribution < -0.4 is 0 Å². The zero-order valence-electron chi connectivity index (χ0n) is 7.46. The van der Waals surface area contributed by atoms with E-state index in [0.717, 1.165) is 6.42 Å².